The Balaban J connectivity index is 0.000000151. The summed E-state index contributed by atoms with van der Waals surface area (Å²) in [6.07, 6.45) is 5.42. The van der Waals surface area contributed by atoms with Gasteiger partial charge < -0.3 is 34.0 Å². The number of carbonyl (C=O) groups excluding carboxylic acids is 9. The van der Waals surface area contributed by atoms with Crippen molar-refractivity contribution in [3.63, 3.8) is 0 Å². The van der Waals surface area contributed by atoms with Crippen LogP contribution in [0.25, 0.3) is 21.4 Å². The fourth-order valence-corrected chi connectivity index (χ4v) is 15.3. The number of aromatic nitrogens is 1. The van der Waals surface area contributed by atoms with Crippen LogP contribution in [0.3, 0.4) is 0 Å². The number of hydrogen-bond donors (Lipinski definition) is 8. The van der Waals surface area contributed by atoms with E-state index in [1.54, 1.807) is 121 Å². The van der Waals surface area contributed by atoms with Gasteiger partial charge in [-0.3, -0.25) is 59.3 Å². The third-order valence-corrected chi connectivity index (χ3v) is 21.2. The number of fused-ring (bicyclic) bond motifs is 5. The molecule has 0 unspecified atom stereocenters. The molecule has 114 heavy (non-hydrogen) atoms. The van der Waals surface area contributed by atoms with E-state index in [-0.39, 0.29) is 40.5 Å². The van der Waals surface area contributed by atoms with Gasteiger partial charge in [0.1, 0.15) is 12.2 Å². The fraction of sp³-hybridized carbons (Fsp3) is 0.303. The molecule has 25 heteroatoms. The first kappa shape index (κ1) is 82.9. The maximum absolute atomic E-state index is 13.0. The summed E-state index contributed by atoms with van der Waals surface area (Å²) < 4.78 is 11.8. The number of carbonyl (C=O) groups is 9. The molecule has 0 atom stereocenters. The van der Waals surface area contributed by atoms with Gasteiger partial charge in [0.15, 0.2) is 17.2 Å². The number of anilines is 1. The smallest absolute Gasteiger partial charge is 0.412 e. The van der Waals surface area contributed by atoms with E-state index in [0.29, 0.717) is 110 Å². The van der Waals surface area contributed by atoms with Crippen molar-refractivity contribution in [2.75, 3.05) is 38.1 Å². The monoisotopic (exact) mass is 1560 g/mol. The van der Waals surface area contributed by atoms with Gasteiger partial charge in [-0.1, -0.05) is 116 Å². The molecule has 4 aliphatic rings. The third kappa shape index (κ3) is 21.4. The van der Waals surface area contributed by atoms with Gasteiger partial charge >= 0.3 is 6.09 Å². The number of aliphatic hydroxyl groups excluding tert-OH is 1. The van der Waals surface area contributed by atoms with Crippen LogP contribution in [0.5, 0.6) is 0 Å². The zero-order valence-corrected chi connectivity index (χ0v) is 66.0. The highest BCUT2D eigenvalue weighted by atomic mass is 32.1. The molecule has 2 aromatic heterocycles. The third-order valence-electron chi connectivity index (χ3n) is 20.1. The van der Waals surface area contributed by atoms with Crippen LogP contribution in [0.2, 0.25) is 0 Å². The van der Waals surface area contributed by atoms with Crippen LogP contribution in [-0.2, 0) is 73.2 Å². The predicted octanol–water partition coefficient (Wildman–Crippen LogP) is 14.3. The van der Waals surface area contributed by atoms with E-state index < -0.39 is 36.0 Å². The predicted molar refractivity (Wildman–Crippen MR) is 432 cm³/mol. The van der Waals surface area contributed by atoms with E-state index in [9.17, 15) is 43.2 Å². The summed E-state index contributed by atoms with van der Waals surface area (Å²) in [7, 11) is 0. The van der Waals surface area contributed by atoms with Crippen molar-refractivity contribution in [2.45, 2.75) is 144 Å². The number of benzene rings is 8. The van der Waals surface area contributed by atoms with Gasteiger partial charge in [0.05, 0.1) is 11.3 Å². The molecule has 0 radical (unpaired) electrons. The lowest BCUT2D eigenvalue weighted by atomic mass is 9.86. The Kier molecular flexibility index (Phi) is 27.0. The Hall–Kier alpha value is -12.0. The normalized spacial score (nSPS) is 13.8. The van der Waals surface area contributed by atoms with Crippen molar-refractivity contribution in [3.8, 4) is 11.3 Å². The summed E-state index contributed by atoms with van der Waals surface area (Å²) in [6, 6.07) is 53.9. The highest BCUT2D eigenvalue weighted by molar-refractivity contribution is 7.20. The molecule has 592 valence electrons. The van der Waals surface area contributed by atoms with Crippen molar-refractivity contribution in [2.24, 2.45) is 0 Å². The van der Waals surface area contributed by atoms with Crippen LogP contribution < -0.4 is 21.8 Å². The van der Waals surface area contributed by atoms with Crippen molar-refractivity contribution < 1.29 is 73.1 Å². The number of aryl methyl sites for hydroxylation is 5. The summed E-state index contributed by atoms with van der Waals surface area (Å²) in [5.41, 5.74) is 21.2. The number of hydroxylamine groups is 3. The molecule has 4 aliphatic heterocycles. The number of aliphatic hydroxyl groups is 1. The quantitative estimate of drug-likeness (QED) is 0.0320. The van der Waals surface area contributed by atoms with E-state index in [1.165, 1.54) is 28.0 Å². The zero-order chi connectivity index (χ0) is 81.5. The van der Waals surface area contributed by atoms with Gasteiger partial charge in [0, 0.05) is 102 Å². The minimum absolute atomic E-state index is 0.0282. The largest absolute Gasteiger partial charge is 0.444 e. The lowest BCUT2D eigenvalue weighted by Crippen LogP contribution is -2.36. The second-order valence-corrected chi connectivity index (χ2v) is 31.9. The zero-order valence-electron chi connectivity index (χ0n) is 65.2. The highest BCUT2D eigenvalue weighted by Gasteiger charge is 2.29. The summed E-state index contributed by atoms with van der Waals surface area (Å²) in [4.78, 5) is 118. The van der Waals surface area contributed by atoms with E-state index in [0.717, 1.165) is 104 Å². The highest BCUT2D eigenvalue weighted by Crippen LogP contribution is 2.32. The molecule has 0 spiro atoms. The van der Waals surface area contributed by atoms with Crippen molar-refractivity contribution in [1.82, 2.24) is 41.2 Å². The molecule has 14 rings (SSSR count). The fourth-order valence-electron chi connectivity index (χ4n) is 14.3. The Morgan fingerprint density at radius 2 is 0.947 bits per heavy atom. The topological polar surface area (TPSA) is 331 Å². The van der Waals surface area contributed by atoms with E-state index >= 15 is 0 Å². The van der Waals surface area contributed by atoms with Gasteiger partial charge in [-0.05, 0) is 237 Å². The summed E-state index contributed by atoms with van der Waals surface area (Å²) in [6.45, 7) is 20.0. The first-order valence-corrected chi connectivity index (χ1v) is 38.7. The Morgan fingerprint density at radius 3 is 1.45 bits per heavy atom. The maximum atomic E-state index is 13.0. The number of ketones is 1. The lowest BCUT2D eigenvalue weighted by Gasteiger charge is -2.28. The molecule has 6 heterocycles. The van der Waals surface area contributed by atoms with Crippen molar-refractivity contribution >= 4 is 80.3 Å². The first-order valence-electron chi connectivity index (χ1n) is 37.9. The molecule has 0 saturated heterocycles. The molecule has 0 bridgehead atoms. The molecule has 24 nitrogen and oxygen atoms in total. The summed E-state index contributed by atoms with van der Waals surface area (Å²) >= 11 is 1.52. The van der Waals surface area contributed by atoms with Crippen LogP contribution in [-0.4, -0.2) is 137 Å². The van der Waals surface area contributed by atoms with Gasteiger partial charge in [-0.25, -0.2) is 21.2 Å². The standard InChI is InChI=1S/C26H27N3O6.C22H26N2O3.C21H24N2O3.C20H18N2O3S/c1-26(2,3)34-25(33)27-20-8-6-16(7-9-20)23-13-21(28-35-23)24(32)29-11-10-17-12-18(22(31)15-30)4-5-19(17)14-29;1-22(2,3)19-10-8-15(9-11-19)21(26)24-12-4-5-16-13-17(20(25)23-27)6-7-18(16)14-24;1-14-8-15(2)10-16(9-14)11-20(24)23-7-3-4-17-12-18(21(25)22-26)5-6-19(17)13-23;23-19(21-25)15-7-8-16-12-22(9-3-5-13(16)10-15)20(24)18-11-14-4-1-2-6-17(14)26-18/h4-9,12-13,30H,10-11,14-15H2,1-3H3,(H,27,33);6-11,13,27H,4-5,12,14H2,1-3H3,(H,23,25);5-6,8-10,12,26H,3-4,7,11,13H2,1-2H3,(H,22,25);1-2,4,6-8,10-11,25H,3,5,9,12H2,(H,21,23). The molecular weight excluding hydrogens is 1470 g/mol. The van der Waals surface area contributed by atoms with E-state index in [2.05, 4.69) is 49.4 Å². The Bertz CT molecular complexity index is 5180. The van der Waals surface area contributed by atoms with Gasteiger partial charge in [-0.2, -0.15) is 0 Å². The van der Waals surface area contributed by atoms with Crippen LogP contribution in [0, 0.1) is 13.8 Å². The Labute approximate surface area is 665 Å². The van der Waals surface area contributed by atoms with Crippen LogP contribution in [0.15, 0.2) is 180 Å². The number of thiophene rings is 1. The number of ether oxygens (including phenoxy) is 1. The first-order chi connectivity index (χ1) is 54.5. The maximum Gasteiger partial charge on any atom is 0.412 e. The van der Waals surface area contributed by atoms with E-state index in [4.69, 9.17) is 30.0 Å². The second kappa shape index (κ2) is 37.1. The van der Waals surface area contributed by atoms with Gasteiger partial charge in [0.2, 0.25) is 5.91 Å². The molecule has 0 saturated carbocycles. The molecule has 10 aromatic rings. The number of nitrogens with zero attached hydrogens (tertiary/aromatic N) is 5. The second-order valence-electron chi connectivity index (χ2n) is 30.8. The molecule has 0 fully saturated rings. The number of nitrogens with one attached hydrogen (secondary N) is 4. The Morgan fingerprint density at radius 1 is 0.482 bits per heavy atom. The molecule has 8 amide bonds. The summed E-state index contributed by atoms with van der Waals surface area (Å²) in [5, 5.41) is 43.2. The SMILES string of the molecule is CC(C)(C)OC(=O)Nc1ccc(-c2cc(C(=O)N3CCc4cc(C(=O)CO)ccc4C3)no2)cc1.CC(C)(C)c1ccc(C(=O)N2CCCc3cc(C(=O)NO)ccc3C2)cc1.Cc1cc(C)cc(CC(=O)N2CCCc3cc(C(=O)NO)ccc3C2)c1.O=C(NO)c1ccc2c(c1)CCCN(C(=O)c1cc3ccccc3s1)C2. The number of Topliss-reactive ketones (excluding diaryl/α,β-unsaturated/α-hetero) is 1. The number of amides is 8. The molecule has 8 N–H and O–H groups in total. The van der Waals surface area contributed by atoms with Gasteiger partial charge in [0.25, 0.3) is 35.4 Å². The van der Waals surface area contributed by atoms with Crippen molar-refractivity contribution in [3.05, 3.63) is 281 Å². The van der Waals surface area contributed by atoms with Crippen LogP contribution in [0.4, 0.5) is 10.5 Å². The average Bonchev–Trinajstić information content (AvgIpc) is 0.988. The van der Waals surface area contributed by atoms with Crippen LogP contribution >= 0.6 is 11.3 Å². The average molecular weight is 1560 g/mol. The lowest BCUT2D eigenvalue weighted by molar-refractivity contribution is -0.131. The molecule has 0 aliphatic carbocycles. The van der Waals surface area contributed by atoms with E-state index in [1.807, 2.05) is 107 Å². The summed E-state index contributed by atoms with van der Waals surface area (Å²) in [5.74, 6) is -1.48. The van der Waals surface area contributed by atoms with Crippen molar-refractivity contribution in [1.29, 1.82) is 0 Å². The minimum atomic E-state index is -0.592. The number of rotatable bonds is 12. The number of hydrogen-bond acceptors (Lipinski definition) is 17. The molecule has 8 aromatic carbocycles. The van der Waals surface area contributed by atoms with Crippen LogP contribution in [0.1, 0.15) is 200 Å². The molecular formula is C89H95N9O15S. The minimum Gasteiger partial charge on any atom is -0.444 e. The van der Waals surface area contributed by atoms with Gasteiger partial charge in [-0.15, -0.1) is 11.3 Å².